The Labute approximate surface area is 133 Å². The van der Waals surface area contributed by atoms with Gasteiger partial charge in [0.05, 0.1) is 0 Å². The Morgan fingerprint density at radius 2 is 1.42 bits per heavy atom. The third kappa shape index (κ3) is 1.46. The molecule has 0 aliphatic carbocycles. The maximum atomic E-state index is 12.2. The first kappa shape index (κ1) is 13.0. The molecule has 3 N–H and O–H groups in total. The lowest BCUT2D eigenvalue weighted by atomic mass is 9.94. The normalized spacial score (nSPS) is 12.0. The molecule has 0 radical (unpaired) electrons. The highest BCUT2D eigenvalue weighted by Crippen LogP contribution is 2.43. The first-order valence-electron chi connectivity index (χ1n) is 7.34. The number of rotatable bonds is 0. The molecule has 4 aromatic carbocycles. The second kappa shape index (κ2) is 4.08. The van der Waals surface area contributed by atoms with Gasteiger partial charge < -0.3 is 19.7 Å². The Bertz CT molecular complexity index is 1350. The van der Waals surface area contributed by atoms with Gasteiger partial charge in [0, 0.05) is 27.6 Å². The van der Waals surface area contributed by atoms with Crippen LogP contribution in [-0.2, 0) is 0 Å². The van der Waals surface area contributed by atoms with Crippen LogP contribution in [0.5, 0.6) is 17.2 Å². The Balaban J connectivity index is 2.20. The van der Waals surface area contributed by atoms with E-state index in [2.05, 4.69) is 0 Å². The topological polar surface area (TPSA) is 90.9 Å². The minimum atomic E-state index is -0.305. The maximum absolute atomic E-state index is 12.2. The zero-order chi connectivity index (χ0) is 16.6. The summed E-state index contributed by atoms with van der Waals surface area (Å²) >= 11 is 0. The predicted octanol–water partition coefficient (Wildman–Crippen LogP) is 3.81. The maximum Gasteiger partial charge on any atom is 0.186 e. The van der Waals surface area contributed by atoms with Gasteiger partial charge in [0.25, 0.3) is 0 Å². The molecule has 5 aromatic rings. The van der Waals surface area contributed by atoms with Crippen LogP contribution in [0.25, 0.3) is 43.5 Å². The summed E-state index contributed by atoms with van der Waals surface area (Å²) in [6.45, 7) is 0. The Morgan fingerprint density at radius 3 is 2.25 bits per heavy atom. The van der Waals surface area contributed by atoms with E-state index < -0.39 is 0 Å². The van der Waals surface area contributed by atoms with E-state index in [1.54, 1.807) is 6.07 Å². The van der Waals surface area contributed by atoms with Crippen LogP contribution in [-0.4, -0.2) is 15.3 Å². The standard InChI is InChI=1S/C19H10O5/c20-12-4-2-8-1-3-9-10-5-13(21)14(22)7-16(10)24-19-15(23)6-11(12)17(8)18(9)19/h1-7,21-23H. The Morgan fingerprint density at radius 1 is 0.708 bits per heavy atom. The van der Waals surface area contributed by atoms with Crippen molar-refractivity contribution in [3.63, 3.8) is 0 Å². The largest absolute Gasteiger partial charge is 0.504 e. The van der Waals surface area contributed by atoms with Crippen LogP contribution in [0.15, 0.2) is 51.7 Å². The number of hydrogen-bond donors (Lipinski definition) is 3. The molecule has 5 heteroatoms. The molecule has 1 heterocycles. The number of phenolic OH excluding ortho intramolecular Hbond substituents is 3. The number of phenols is 3. The van der Waals surface area contributed by atoms with Gasteiger partial charge in [0.1, 0.15) is 5.58 Å². The monoisotopic (exact) mass is 318 g/mol. The number of fused-ring (bicyclic) bond motifs is 2. The van der Waals surface area contributed by atoms with Crippen LogP contribution >= 0.6 is 0 Å². The van der Waals surface area contributed by atoms with Gasteiger partial charge >= 0.3 is 0 Å². The van der Waals surface area contributed by atoms with Crippen LogP contribution < -0.4 is 5.43 Å². The quantitative estimate of drug-likeness (QED) is 0.229. The molecule has 0 unspecified atom stereocenters. The molecule has 0 fully saturated rings. The predicted molar refractivity (Wildman–Crippen MR) is 91.2 cm³/mol. The van der Waals surface area contributed by atoms with E-state index in [4.69, 9.17) is 4.42 Å². The molecule has 1 aromatic heterocycles. The van der Waals surface area contributed by atoms with Crippen molar-refractivity contribution >= 4 is 43.5 Å². The fourth-order valence-electron chi connectivity index (χ4n) is 3.43. The SMILES string of the molecule is O=c1ccc2ccc3c4cc(O)c(O)cc4oc4c(O)cc1c2c43. The molecule has 0 spiro atoms. The van der Waals surface area contributed by atoms with Crippen LogP contribution in [0.4, 0.5) is 0 Å². The lowest BCUT2D eigenvalue weighted by Gasteiger charge is -2.13. The summed E-state index contributed by atoms with van der Waals surface area (Å²) in [5.41, 5.74) is 0.390. The van der Waals surface area contributed by atoms with E-state index in [1.165, 1.54) is 24.3 Å². The third-order valence-corrected chi connectivity index (χ3v) is 4.51. The molecule has 0 aliphatic heterocycles. The molecule has 0 bridgehead atoms. The van der Waals surface area contributed by atoms with Crippen LogP contribution in [0, 0.1) is 0 Å². The van der Waals surface area contributed by atoms with Gasteiger partial charge in [-0.25, -0.2) is 0 Å². The molecule has 0 saturated carbocycles. The van der Waals surface area contributed by atoms with Crippen molar-refractivity contribution in [1.82, 2.24) is 0 Å². The minimum absolute atomic E-state index is 0.141. The van der Waals surface area contributed by atoms with Gasteiger partial charge in [0.15, 0.2) is 28.3 Å². The Kier molecular flexibility index (Phi) is 2.21. The summed E-state index contributed by atoms with van der Waals surface area (Å²) in [6, 6.07) is 11.1. The highest BCUT2D eigenvalue weighted by molar-refractivity contribution is 6.27. The van der Waals surface area contributed by atoms with Gasteiger partial charge in [0.2, 0.25) is 0 Å². The molecule has 5 rings (SSSR count). The summed E-state index contributed by atoms with van der Waals surface area (Å²) in [4.78, 5) is 12.2. The van der Waals surface area contributed by atoms with Crippen molar-refractivity contribution < 1.29 is 19.7 Å². The van der Waals surface area contributed by atoms with Gasteiger partial charge in [-0.1, -0.05) is 18.2 Å². The average molecular weight is 318 g/mol. The van der Waals surface area contributed by atoms with Crippen molar-refractivity contribution in [1.29, 1.82) is 0 Å². The zero-order valence-corrected chi connectivity index (χ0v) is 12.2. The fourth-order valence-corrected chi connectivity index (χ4v) is 3.43. The smallest absolute Gasteiger partial charge is 0.186 e. The number of hydrogen-bond acceptors (Lipinski definition) is 5. The summed E-state index contributed by atoms with van der Waals surface area (Å²) in [7, 11) is 0. The molecule has 24 heavy (non-hydrogen) atoms. The third-order valence-electron chi connectivity index (χ3n) is 4.51. The number of benzene rings is 4. The molecule has 116 valence electrons. The van der Waals surface area contributed by atoms with Crippen molar-refractivity contribution in [2.24, 2.45) is 0 Å². The van der Waals surface area contributed by atoms with Crippen LogP contribution in [0.3, 0.4) is 0 Å². The molecular formula is C19H10O5. The van der Waals surface area contributed by atoms with Crippen molar-refractivity contribution in [2.75, 3.05) is 0 Å². The summed E-state index contributed by atoms with van der Waals surface area (Å²) in [5.74, 6) is -0.709. The lowest BCUT2D eigenvalue weighted by Crippen LogP contribution is -2.00. The molecule has 0 saturated heterocycles. The van der Waals surface area contributed by atoms with Gasteiger partial charge in [-0.05, 0) is 29.0 Å². The van der Waals surface area contributed by atoms with Crippen LogP contribution in [0.1, 0.15) is 0 Å². The van der Waals surface area contributed by atoms with Crippen molar-refractivity contribution in [3.05, 3.63) is 52.7 Å². The van der Waals surface area contributed by atoms with E-state index in [-0.39, 0.29) is 28.3 Å². The first-order chi connectivity index (χ1) is 11.5. The van der Waals surface area contributed by atoms with Crippen LogP contribution in [0.2, 0.25) is 0 Å². The molecule has 0 aliphatic rings. The van der Waals surface area contributed by atoms with E-state index in [0.29, 0.717) is 27.1 Å². The number of aromatic hydroxyl groups is 3. The lowest BCUT2D eigenvalue weighted by molar-refractivity contribution is 0.404. The van der Waals surface area contributed by atoms with Gasteiger partial charge in [-0.15, -0.1) is 0 Å². The van der Waals surface area contributed by atoms with E-state index in [9.17, 15) is 20.1 Å². The molecule has 5 nitrogen and oxygen atoms in total. The second-order valence-electron chi connectivity index (χ2n) is 5.86. The summed E-state index contributed by atoms with van der Waals surface area (Å²) in [6.07, 6.45) is 0. The summed E-state index contributed by atoms with van der Waals surface area (Å²) in [5, 5.41) is 33.8. The summed E-state index contributed by atoms with van der Waals surface area (Å²) < 4.78 is 5.77. The molecular weight excluding hydrogens is 308 g/mol. The second-order valence-corrected chi connectivity index (χ2v) is 5.86. The molecule has 0 atom stereocenters. The highest BCUT2D eigenvalue weighted by atomic mass is 16.4. The minimum Gasteiger partial charge on any atom is -0.504 e. The van der Waals surface area contributed by atoms with E-state index in [1.807, 2.05) is 12.1 Å². The highest BCUT2D eigenvalue weighted by Gasteiger charge is 2.18. The van der Waals surface area contributed by atoms with Crippen molar-refractivity contribution in [2.45, 2.75) is 0 Å². The van der Waals surface area contributed by atoms with Gasteiger partial charge in [-0.3, -0.25) is 4.79 Å². The fraction of sp³-hybridized carbons (Fsp3) is 0. The van der Waals surface area contributed by atoms with E-state index >= 15 is 0 Å². The molecule has 0 amide bonds. The van der Waals surface area contributed by atoms with Gasteiger partial charge in [-0.2, -0.15) is 0 Å². The van der Waals surface area contributed by atoms with E-state index in [0.717, 1.165) is 10.8 Å². The Hall–Kier alpha value is -3.47. The zero-order valence-electron chi connectivity index (χ0n) is 12.2. The average Bonchev–Trinajstić information content (AvgIpc) is 2.56. The first-order valence-corrected chi connectivity index (χ1v) is 7.34. The van der Waals surface area contributed by atoms with Crippen molar-refractivity contribution in [3.8, 4) is 17.2 Å².